The maximum absolute atomic E-state index is 13.0. The normalized spacial score (nSPS) is 18.8. The Kier molecular flexibility index (Phi) is 9.31. The zero-order valence-electron chi connectivity index (χ0n) is 21.0. The highest BCUT2D eigenvalue weighted by atomic mass is 16.5. The topological polar surface area (TPSA) is 79.7 Å². The number of aromatic nitrogens is 2. The third-order valence-corrected chi connectivity index (χ3v) is 7.14. The summed E-state index contributed by atoms with van der Waals surface area (Å²) in [6, 6.07) is 6.29. The third kappa shape index (κ3) is 7.15. The zero-order valence-corrected chi connectivity index (χ0v) is 21.0. The summed E-state index contributed by atoms with van der Waals surface area (Å²) in [7, 11) is 0. The second-order valence-electron chi connectivity index (χ2n) is 9.65. The lowest BCUT2D eigenvalue weighted by molar-refractivity contribution is -0.116. The molecule has 3 heterocycles. The lowest BCUT2D eigenvalue weighted by Gasteiger charge is -2.36. The Labute approximate surface area is 208 Å². The second-order valence-corrected chi connectivity index (χ2v) is 9.65. The van der Waals surface area contributed by atoms with E-state index < -0.39 is 0 Å². The van der Waals surface area contributed by atoms with Crippen molar-refractivity contribution in [3.05, 3.63) is 48.0 Å². The summed E-state index contributed by atoms with van der Waals surface area (Å²) in [5.41, 5.74) is 2.62. The summed E-state index contributed by atoms with van der Waals surface area (Å²) in [6.07, 6.45) is 13.1. The van der Waals surface area contributed by atoms with E-state index in [9.17, 15) is 9.59 Å². The molecule has 0 spiro atoms. The smallest absolute Gasteiger partial charge is 0.251 e. The van der Waals surface area contributed by atoms with Crippen LogP contribution in [0, 0.1) is 0 Å². The van der Waals surface area contributed by atoms with E-state index in [1.807, 2.05) is 33.9 Å². The molecule has 0 atom stereocenters. The van der Waals surface area contributed by atoms with Gasteiger partial charge in [0, 0.05) is 76.0 Å². The molecule has 35 heavy (non-hydrogen) atoms. The largest absolute Gasteiger partial charge is 0.381 e. The van der Waals surface area contributed by atoms with Crippen molar-refractivity contribution in [2.45, 2.75) is 71.0 Å². The predicted octanol–water partition coefficient (Wildman–Crippen LogP) is 3.61. The van der Waals surface area contributed by atoms with Crippen LogP contribution >= 0.6 is 0 Å². The van der Waals surface area contributed by atoms with Gasteiger partial charge in [-0.3, -0.25) is 14.5 Å². The van der Waals surface area contributed by atoms with Crippen molar-refractivity contribution in [3.63, 3.8) is 0 Å². The standard InChI is InChI=1S/C27H39N5O3/c1-22(33)32-14-6-4-2-3-5-13-31(25-9-17-35-18-10-25)20-24-19-23(7-8-26(24)32)27(34)29-12-16-30-15-11-28-21-30/h7-8,11,15,19,21,25H,2-6,9-10,12-14,16-18,20H2,1H3,(H,29,34). The van der Waals surface area contributed by atoms with Crippen LogP contribution in [-0.2, 0) is 22.6 Å². The summed E-state index contributed by atoms with van der Waals surface area (Å²) < 4.78 is 7.56. The van der Waals surface area contributed by atoms with Crippen molar-refractivity contribution < 1.29 is 14.3 Å². The summed E-state index contributed by atoms with van der Waals surface area (Å²) in [5, 5.41) is 3.02. The molecule has 2 aliphatic rings. The molecule has 0 saturated carbocycles. The van der Waals surface area contributed by atoms with Crippen LogP contribution in [-0.4, -0.2) is 65.2 Å². The van der Waals surface area contributed by atoms with Crippen LogP contribution in [0.1, 0.15) is 67.8 Å². The molecule has 8 heteroatoms. The monoisotopic (exact) mass is 481 g/mol. The molecular weight excluding hydrogens is 442 g/mol. The SMILES string of the molecule is CC(=O)N1CCCCCCCN(C2CCOCC2)Cc2cc(C(=O)NCCn3ccnc3)ccc21. The first-order valence-electron chi connectivity index (χ1n) is 13.1. The molecule has 8 nitrogen and oxygen atoms in total. The molecule has 0 bridgehead atoms. The number of carbonyl (C=O) groups excluding carboxylic acids is 2. The molecule has 1 aromatic heterocycles. The number of ether oxygens (including phenoxy) is 1. The van der Waals surface area contributed by atoms with Crippen LogP contribution < -0.4 is 10.2 Å². The summed E-state index contributed by atoms with van der Waals surface area (Å²) in [4.78, 5) is 34.1. The number of hydrogen-bond acceptors (Lipinski definition) is 5. The molecule has 1 aromatic carbocycles. The van der Waals surface area contributed by atoms with Gasteiger partial charge in [0.15, 0.2) is 0 Å². The van der Waals surface area contributed by atoms with Crippen molar-refractivity contribution in [2.75, 3.05) is 37.7 Å². The average molecular weight is 482 g/mol. The van der Waals surface area contributed by atoms with E-state index in [0.29, 0.717) is 24.7 Å². The molecule has 1 saturated heterocycles. The van der Waals surface area contributed by atoms with E-state index in [0.717, 1.165) is 69.8 Å². The van der Waals surface area contributed by atoms with E-state index in [2.05, 4.69) is 15.2 Å². The van der Waals surface area contributed by atoms with Gasteiger partial charge in [0.1, 0.15) is 0 Å². The number of nitrogens with one attached hydrogen (secondary N) is 1. The first-order chi connectivity index (χ1) is 17.1. The Morgan fingerprint density at radius 3 is 2.60 bits per heavy atom. The van der Waals surface area contributed by atoms with Gasteiger partial charge in [-0.25, -0.2) is 4.98 Å². The summed E-state index contributed by atoms with van der Waals surface area (Å²) in [6.45, 7) is 6.93. The van der Waals surface area contributed by atoms with Crippen LogP contribution in [0.2, 0.25) is 0 Å². The van der Waals surface area contributed by atoms with Gasteiger partial charge in [-0.15, -0.1) is 0 Å². The van der Waals surface area contributed by atoms with Crippen molar-refractivity contribution in [2.24, 2.45) is 0 Å². The van der Waals surface area contributed by atoms with Gasteiger partial charge in [0.05, 0.1) is 6.33 Å². The molecule has 1 fully saturated rings. The van der Waals surface area contributed by atoms with Gasteiger partial charge >= 0.3 is 0 Å². The molecule has 0 unspecified atom stereocenters. The fourth-order valence-electron chi connectivity index (χ4n) is 5.16. The number of hydrogen-bond donors (Lipinski definition) is 1. The first-order valence-corrected chi connectivity index (χ1v) is 13.1. The van der Waals surface area contributed by atoms with E-state index in [4.69, 9.17) is 4.74 Å². The summed E-state index contributed by atoms with van der Waals surface area (Å²) >= 11 is 0. The third-order valence-electron chi connectivity index (χ3n) is 7.14. The predicted molar refractivity (Wildman–Crippen MR) is 136 cm³/mol. The van der Waals surface area contributed by atoms with Gasteiger partial charge in [0.2, 0.25) is 5.91 Å². The number of amides is 2. The number of nitrogens with zero attached hydrogens (tertiary/aromatic N) is 4. The molecule has 0 aliphatic carbocycles. The van der Waals surface area contributed by atoms with Crippen LogP contribution in [0.3, 0.4) is 0 Å². The Hall–Kier alpha value is -2.71. The van der Waals surface area contributed by atoms with Crippen LogP contribution in [0.4, 0.5) is 5.69 Å². The Balaban J connectivity index is 1.58. The van der Waals surface area contributed by atoms with Gasteiger partial charge in [0.25, 0.3) is 5.91 Å². The number of rotatable bonds is 5. The molecule has 0 radical (unpaired) electrons. The second kappa shape index (κ2) is 12.8. The number of benzene rings is 1. The van der Waals surface area contributed by atoms with E-state index in [1.54, 1.807) is 19.4 Å². The summed E-state index contributed by atoms with van der Waals surface area (Å²) in [5.74, 6) is -0.0375. The van der Waals surface area contributed by atoms with Crippen molar-refractivity contribution in [1.82, 2.24) is 19.8 Å². The maximum Gasteiger partial charge on any atom is 0.251 e. The fourth-order valence-corrected chi connectivity index (χ4v) is 5.16. The molecule has 1 N–H and O–H groups in total. The quantitative estimate of drug-likeness (QED) is 0.706. The first kappa shape index (κ1) is 25.4. The van der Waals surface area contributed by atoms with Crippen molar-refractivity contribution >= 4 is 17.5 Å². The molecule has 2 amide bonds. The maximum atomic E-state index is 13.0. The van der Waals surface area contributed by atoms with Gasteiger partial charge in [-0.1, -0.05) is 19.3 Å². The van der Waals surface area contributed by atoms with E-state index in [-0.39, 0.29) is 11.8 Å². The van der Waals surface area contributed by atoms with E-state index >= 15 is 0 Å². The van der Waals surface area contributed by atoms with Gasteiger partial charge in [-0.2, -0.15) is 0 Å². The van der Waals surface area contributed by atoms with Gasteiger partial charge < -0.3 is 19.5 Å². The lowest BCUT2D eigenvalue weighted by Crippen LogP contribution is -2.40. The van der Waals surface area contributed by atoms with Gasteiger partial charge in [-0.05, 0) is 56.0 Å². The molecule has 2 aliphatic heterocycles. The number of fused-ring (bicyclic) bond motifs is 1. The molecule has 2 aromatic rings. The Bertz CT molecular complexity index is 956. The minimum Gasteiger partial charge on any atom is -0.381 e. The van der Waals surface area contributed by atoms with Crippen molar-refractivity contribution in [1.29, 1.82) is 0 Å². The highest BCUT2D eigenvalue weighted by Crippen LogP contribution is 2.28. The van der Waals surface area contributed by atoms with Crippen LogP contribution in [0.15, 0.2) is 36.9 Å². The average Bonchev–Trinajstić information content (AvgIpc) is 3.38. The lowest BCUT2D eigenvalue weighted by atomic mass is 10.0. The number of carbonyl (C=O) groups is 2. The highest BCUT2D eigenvalue weighted by Gasteiger charge is 2.25. The Morgan fingerprint density at radius 1 is 1.09 bits per heavy atom. The van der Waals surface area contributed by atoms with E-state index in [1.165, 1.54) is 19.3 Å². The molecule has 190 valence electrons. The van der Waals surface area contributed by atoms with Crippen LogP contribution in [0.25, 0.3) is 0 Å². The highest BCUT2D eigenvalue weighted by molar-refractivity contribution is 5.97. The molecular formula is C27H39N5O3. The minimum absolute atomic E-state index is 0.0541. The van der Waals surface area contributed by atoms with Crippen molar-refractivity contribution in [3.8, 4) is 0 Å². The molecule has 4 rings (SSSR count). The number of anilines is 1. The van der Waals surface area contributed by atoms with Crippen LogP contribution in [0.5, 0.6) is 0 Å². The Morgan fingerprint density at radius 2 is 1.86 bits per heavy atom. The zero-order chi connectivity index (χ0) is 24.5. The minimum atomic E-state index is -0.0916. The number of imidazole rings is 1. The fraction of sp³-hybridized carbons (Fsp3) is 0.593.